The van der Waals surface area contributed by atoms with Crippen molar-refractivity contribution >= 4 is 55.7 Å². The lowest BCUT2D eigenvalue weighted by Crippen LogP contribution is -2.82. The van der Waals surface area contributed by atoms with Gasteiger partial charge in [-0.15, -0.1) is 0 Å². The third-order valence-corrected chi connectivity index (χ3v) is 21.8. The van der Waals surface area contributed by atoms with E-state index in [9.17, 15) is 39.2 Å². The second kappa shape index (κ2) is 23.5. The molecular weight excluding hydrogens is 1060 g/mol. The van der Waals surface area contributed by atoms with Crippen LogP contribution in [0, 0.1) is 26.9 Å². The van der Waals surface area contributed by atoms with Crippen LogP contribution in [0.25, 0.3) is 0 Å². The number of esters is 4. The minimum Gasteiger partial charge on any atom is -0.456 e. The van der Waals surface area contributed by atoms with Crippen molar-refractivity contribution in [3.8, 4) is 5.75 Å². The number of nitrogens with zero attached hydrogens (tertiary/aromatic N) is 1. The molecule has 1 heterocycles. The molecule has 20 nitrogen and oxygen atoms in total. The van der Waals surface area contributed by atoms with Crippen LogP contribution in [0.2, 0.25) is 18.1 Å². The smallest absolute Gasteiger partial charge is 0.456 e. The predicted molar refractivity (Wildman–Crippen MR) is 292 cm³/mol. The van der Waals surface area contributed by atoms with Gasteiger partial charge in [-0.2, -0.15) is 0 Å². The standard InChI is InChI=1S/C60H68N2O18Si/c1-10-81(11-2,12-3)80-49(47(38-22-16-13-17-23-38)61-53(66)39-24-18-14-19-25-39)55(68)76-43-33-60(70)52(78-54(67)40-26-20-15-21-27-40)50-58(9,51(65)48(74-36(5)63)46(35(43)4)57(60,7)8)44(32-45-59(50,34-73-45)79-37(6)64)77-56(69)75-42-30-28-41(29-31-42)62(71)72/h13-31,43-45,47-50,52,70H,10-12,32-34H2,1-9H3,(H,61,66)/t43-,44-,45+,47-,48+,49+,50-,52-,58+,59-,60+/m0/s1. The summed E-state index contributed by atoms with van der Waals surface area (Å²) in [5.41, 5.74) is -7.91. The number of ketones is 1. The highest BCUT2D eigenvalue weighted by Crippen LogP contribution is 2.65. The maximum Gasteiger partial charge on any atom is 0.514 e. The summed E-state index contributed by atoms with van der Waals surface area (Å²) in [5.74, 6) is -7.16. The van der Waals surface area contributed by atoms with Crippen molar-refractivity contribution in [2.45, 2.75) is 147 Å². The SMILES string of the molecule is CC[Si](CC)(CC)O[C@@H](C(=O)O[C@H]1C[C@@]2(O)[C@@H](OC(=O)c3ccccc3)[C@@H]3[C@]4(OC(C)=O)CO[C@@H]4C[C@H](OC(=O)Oc4ccc([N+](=O)[O-])cc4)[C@@]3(C)C(=O)[C@H](OC(C)=O)C(=C1C)C2(C)C)[C@@H](NC(=O)c1ccccc1)c1ccccc1. The molecule has 8 rings (SSSR count). The molecule has 0 spiro atoms. The van der Waals surface area contributed by atoms with E-state index in [1.165, 1.54) is 19.1 Å². The Labute approximate surface area is 470 Å². The molecule has 4 aromatic rings. The lowest BCUT2D eigenvalue weighted by Gasteiger charge is -2.67. The number of non-ortho nitro benzene ring substituents is 1. The summed E-state index contributed by atoms with van der Waals surface area (Å²) in [7, 11) is -2.83. The molecule has 2 N–H and O–H groups in total. The van der Waals surface area contributed by atoms with E-state index in [0.29, 0.717) is 29.3 Å². The first-order chi connectivity index (χ1) is 38.4. The maximum absolute atomic E-state index is 16.5. The number of nitro benzene ring substituents is 1. The zero-order valence-electron chi connectivity index (χ0n) is 46.7. The topological polar surface area (TPSA) is 269 Å². The van der Waals surface area contributed by atoms with Gasteiger partial charge in [0, 0.05) is 49.8 Å². The Morgan fingerprint density at radius 2 is 1.37 bits per heavy atom. The molecule has 21 heteroatoms. The molecule has 0 radical (unpaired) electrons. The second-order valence-corrected chi connectivity index (χ2v) is 26.6. The van der Waals surface area contributed by atoms with Crippen LogP contribution in [0.1, 0.15) is 107 Å². The van der Waals surface area contributed by atoms with Crippen LogP contribution in [-0.2, 0) is 52.0 Å². The zero-order valence-corrected chi connectivity index (χ0v) is 47.7. The Kier molecular flexibility index (Phi) is 17.3. The molecule has 3 aliphatic carbocycles. The first-order valence-electron chi connectivity index (χ1n) is 27.0. The number of aliphatic hydroxyl groups is 1. The van der Waals surface area contributed by atoms with E-state index in [1.807, 2.05) is 20.8 Å². The minimum atomic E-state index is -2.83. The summed E-state index contributed by atoms with van der Waals surface area (Å²) in [6.45, 7) is 13.7. The van der Waals surface area contributed by atoms with E-state index in [-0.39, 0.29) is 34.6 Å². The molecule has 0 unspecified atom stereocenters. The normalized spacial score (nSPS) is 27.2. The molecule has 0 aromatic heterocycles. The number of carbonyl (C=O) groups excluding carboxylic acids is 7. The maximum atomic E-state index is 16.5. The van der Waals surface area contributed by atoms with Crippen LogP contribution >= 0.6 is 0 Å². The van der Waals surface area contributed by atoms with Gasteiger partial charge in [-0.1, -0.05) is 101 Å². The number of hydrogen-bond donors (Lipinski definition) is 2. The van der Waals surface area contributed by atoms with Crippen molar-refractivity contribution in [3.63, 3.8) is 0 Å². The average molecular weight is 1130 g/mol. The summed E-state index contributed by atoms with van der Waals surface area (Å²) in [4.78, 5) is 113. The fourth-order valence-electron chi connectivity index (χ4n) is 12.6. The Balaban J connectivity index is 1.33. The van der Waals surface area contributed by atoms with E-state index in [1.54, 1.807) is 99.6 Å². The number of amides is 1. The molecule has 1 saturated heterocycles. The first kappa shape index (κ1) is 59.5. The molecule has 3 fully saturated rings. The first-order valence-corrected chi connectivity index (χ1v) is 29.6. The van der Waals surface area contributed by atoms with Crippen molar-refractivity contribution in [2.24, 2.45) is 16.7 Å². The number of nitro groups is 1. The molecule has 1 amide bonds. The molecule has 11 atom stereocenters. The van der Waals surface area contributed by atoms with Gasteiger partial charge in [0.05, 0.1) is 34.5 Å². The van der Waals surface area contributed by atoms with Gasteiger partial charge in [0.25, 0.3) is 11.6 Å². The fourth-order valence-corrected chi connectivity index (χ4v) is 15.3. The Morgan fingerprint density at radius 3 is 1.90 bits per heavy atom. The number of Topliss-reactive ketones (excluding diaryl/α,β-unsaturated/α-hetero) is 1. The highest BCUT2D eigenvalue weighted by atomic mass is 28.4. The van der Waals surface area contributed by atoms with Gasteiger partial charge in [0.15, 0.2) is 31.9 Å². The third-order valence-electron chi connectivity index (χ3n) is 17.2. The fraction of sp³-hybridized carbons (Fsp3) is 0.450. The number of rotatable bonds is 18. The third kappa shape index (κ3) is 11.2. The summed E-state index contributed by atoms with van der Waals surface area (Å²) in [6.07, 6.45) is -12.2. The summed E-state index contributed by atoms with van der Waals surface area (Å²) >= 11 is 0. The highest BCUT2D eigenvalue weighted by molar-refractivity contribution is 6.73. The van der Waals surface area contributed by atoms with Crippen LogP contribution in [0.4, 0.5) is 10.5 Å². The van der Waals surface area contributed by atoms with Crippen LogP contribution in [-0.4, -0.2) is 115 Å². The van der Waals surface area contributed by atoms with Crippen LogP contribution in [0.5, 0.6) is 5.75 Å². The molecule has 4 aromatic carbocycles. The van der Waals surface area contributed by atoms with Gasteiger partial charge in [0.2, 0.25) is 0 Å². The van der Waals surface area contributed by atoms with Gasteiger partial charge in [-0.25, -0.2) is 14.4 Å². The van der Waals surface area contributed by atoms with E-state index >= 15 is 9.59 Å². The minimum absolute atomic E-state index is 0.00988. The second-order valence-electron chi connectivity index (χ2n) is 21.9. The number of nitrogens with one attached hydrogen (secondary N) is 1. The number of hydrogen-bond acceptors (Lipinski definition) is 18. The van der Waals surface area contributed by atoms with Crippen molar-refractivity contribution in [1.29, 1.82) is 0 Å². The summed E-state index contributed by atoms with van der Waals surface area (Å²) in [6, 6.07) is 30.1. The van der Waals surface area contributed by atoms with Crippen molar-refractivity contribution in [3.05, 3.63) is 153 Å². The average Bonchev–Trinajstić information content (AvgIpc) is 3.62. The monoisotopic (exact) mass is 1130 g/mol. The Morgan fingerprint density at radius 1 is 0.790 bits per heavy atom. The molecule has 1 aliphatic heterocycles. The lowest BCUT2D eigenvalue weighted by molar-refractivity contribution is -0.384. The summed E-state index contributed by atoms with van der Waals surface area (Å²) in [5, 5.41) is 28.8. The zero-order chi connectivity index (χ0) is 58.8. The molecule has 2 saturated carbocycles. The van der Waals surface area contributed by atoms with Gasteiger partial charge >= 0.3 is 30.0 Å². The lowest BCUT2D eigenvalue weighted by atomic mass is 9.44. The number of fused-ring (bicyclic) bond motifs is 5. The molecule has 81 heavy (non-hydrogen) atoms. The number of benzene rings is 4. The van der Waals surface area contributed by atoms with Crippen LogP contribution < -0.4 is 10.1 Å². The number of ether oxygens (including phenoxy) is 7. The van der Waals surface area contributed by atoms with E-state index in [2.05, 4.69) is 5.32 Å². The van der Waals surface area contributed by atoms with E-state index < -0.39 is 139 Å². The largest absolute Gasteiger partial charge is 0.514 e. The number of carbonyl (C=O) groups is 7. The van der Waals surface area contributed by atoms with Gasteiger partial charge in [0.1, 0.15) is 35.8 Å². The van der Waals surface area contributed by atoms with Gasteiger partial charge in [-0.3, -0.25) is 29.3 Å². The van der Waals surface area contributed by atoms with Crippen molar-refractivity contribution < 1.29 is 81.2 Å². The molecule has 2 bridgehead atoms. The molecule has 4 aliphatic rings. The Bertz CT molecular complexity index is 3070. The molecule has 430 valence electrons. The highest BCUT2D eigenvalue weighted by Gasteiger charge is 2.79. The van der Waals surface area contributed by atoms with Gasteiger partial charge < -0.3 is 48.0 Å². The van der Waals surface area contributed by atoms with E-state index in [0.717, 1.165) is 38.1 Å². The Hall–Kier alpha value is -7.59. The van der Waals surface area contributed by atoms with Gasteiger partial charge in [-0.05, 0) is 85.1 Å². The van der Waals surface area contributed by atoms with Crippen molar-refractivity contribution in [2.75, 3.05) is 6.61 Å². The molecular formula is C60H68N2O18Si. The van der Waals surface area contributed by atoms with E-state index in [4.69, 9.17) is 37.6 Å². The van der Waals surface area contributed by atoms with Crippen LogP contribution in [0.15, 0.2) is 126 Å². The van der Waals surface area contributed by atoms with Crippen LogP contribution in [0.3, 0.4) is 0 Å². The quantitative estimate of drug-likeness (QED) is 0.0179. The summed E-state index contributed by atoms with van der Waals surface area (Å²) < 4.78 is 50.5. The van der Waals surface area contributed by atoms with Crippen molar-refractivity contribution in [1.82, 2.24) is 5.32 Å². The predicted octanol–water partition coefficient (Wildman–Crippen LogP) is 8.90.